The highest BCUT2D eigenvalue weighted by Gasteiger charge is 2.26. The molecule has 0 aromatic heterocycles. The van der Waals surface area contributed by atoms with Crippen LogP contribution in [-0.2, 0) is 6.54 Å². The smallest absolute Gasteiger partial charge is 0.0413 e. The minimum atomic E-state index is 0.609. The molecule has 0 atom stereocenters. The van der Waals surface area contributed by atoms with Gasteiger partial charge >= 0.3 is 0 Å². The standard InChI is InChI=1S/C16H24BrN3/c17-14-5-6-16(13(11-14)12-18)20-9-7-19(8-10-20)15-3-1-2-4-15/h5-6,11,15H,1-4,7-10,12,18H2. The van der Waals surface area contributed by atoms with Gasteiger partial charge in [0, 0.05) is 48.9 Å². The molecule has 3 rings (SSSR count). The van der Waals surface area contributed by atoms with Gasteiger partial charge in [-0.15, -0.1) is 0 Å². The summed E-state index contributed by atoms with van der Waals surface area (Å²) >= 11 is 3.53. The third-order valence-electron chi connectivity index (χ3n) is 4.76. The number of nitrogens with two attached hydrogens (primary N) is 1. The van der Waals surface area contributed by atoms with E-state index in [9.17, 15) is 0 Å². The molecule has 2 aliphatic rings. The first-order valence-electron chi connectivity index (χ1n) is 7.75. The highest BCUT2D eigenvalue weighted by atomic mass is 79.9. The van der Waals surface area contributed by atoms with Gasteiger partial charge < -0.3 is 10.6 Å². The molecule has 0 spiro atoms. The number of anilines is 1. The normalized spacial score (nSPS) is 21.6. The molecule has 110 valence electrons. The Balaban J connectivity index is 1.65. The Kier molecular flexibility index (Phi) is 4.64. The Hall–Kier alpha value is -0.580. The molecule has 1 saturated heterocycles. The number of rotatable bonds is 3. The van der Waals surface area contributed by atoms with Crippen molar-refractivity contribution in [3.05, 3.63) is 28.2 Å². The number of hydrogen-bond donors (Lipinski definition) is 1. The maximum atomic E-state index is 5.90. The first kappa shape index (κ1) is 14.4. The van der Waals surface area contributed by atoms with E-state index in [0.29, 0.717) is 6.54 Å². The fourth-order valence-electron chi connectivity index (χ4n) is 3.62. The quantitative estimate of drug-likeness (QED) is 0.920. The van der Waals surface area contributed by atoms with Crippen LogP contribution in [0.2, 0.25) is 0 Å². The molecule has 0 radical (unpaired) electrons. The Morgan fingerprint density at radius 2 is 1.80 bits per heavy atom. The maximum absolute atomic E-state index is 5.90. The van der Waals surface area contributed by atoms with Crippen molar-refractivity contribution in [3.8, 4) is 0 Å². The number of halogens is 1. The molecule has 1 aromatic rings. The van der Waals surface area contributed by atoms with Crippen LogP contribution in [-0.4, -0.2) is 37.1 Å². The summed E-state index contributed by atoms with van der Waals surface area (Å²) in [6, 6.07) is 7.34. The predicted molar refractivity (Wildman–Crippen MR) is 88.1 cm³/mol. The number of piperazine rings is 1. The molecule has 2 fully saturated rings. The zero-order valence-corrected chi connectivity index (χ0v) is 13.6. The molecule has 20 heavy (non-hydrogen) atoms. The second-order valence-corrected chi connectivity index (χ2v) is 6.85. The monoisotopic (exact) mass is 337 g/mol. The Labute approximate surface area is 130 Å². The lowest BCUT2D eigenvalue weighted by Gasteiger charge is -2.39. The summed E-state index contributed by atoms with van der Waals surface area (Å²) in [5.74, 6) is 0. The molecule has 1 saturated carbocycles. The van der Waals surface area contributed by atoms with E-state index in [1.807, 2.05) is 0 Å². The van der Waals surface area contributed by atoms with Crippen molar-refractivity contribution in [1.29, 1.82) is 0 Å². The molecule has 4 heteroatoms. The van der Waals surface area contributed by atoms with Crippen molar-refractivity contribution in [2.75, 3.05) is 31.1 Å². The Morgan fingerprint density at radius 1 is 1.10 bits per heavy atom. The van der Waals surface area contributed by atoms with Crippen molar-refractivity contribution < 1.29 is 0 Å². The van der Waals surface area contributed by atoms with E-state index in [1.165, 1.54) is 50.0 Å². The zero-order chi connectivity index (χ0) is 13.9. The van der Waals surface area contributed by atoms with Gasteiger partial charge in [-0.2, -0.15) is 0 Å². The summed E-state index contributed by atoms with van der Waals surface area (Å²) in [5, 5.41) is 0. The van der Waals surface area contributed by atoms with E-state index in [1.54, 1.807) is 0 Å². The highest BCUT2D eigenvalue weighted by Crippen LogP contribution is 2.28. The summed E-state index contributed by atoms with van der Waals surface area (Å²) in [4.78, 5) is 5.20. The first-order valence-corrected chi connectivity index (χ1v) is 8.55. The van der Waals surface area contributed by atoms with Gasteiger partial charge in [-0.05, 0) is 36.6 Å². The number of benzene rings is 1. The predicted octanol–water partition coefficient (Wildman–Crippen LogP) is 2.97. The molecule has 0 amide bonds. The summed E-state index contributed by atoms with van der Waals surface area (Å²) in [6.07, 6.45) is 5.67. The number of nitrogens with zero attached hydrogens (tertiary/aromatic N) is 2. The average molecular weight is 338 g/mol. The van der Waals surface area contributed by atoms with Gasteiger partial charge in [0.2, 0.25) is 0 Å². The number of hydrogen-bond acceptors (Lipinski definition) is 3. The fraction of sp³-hybridized carbons (Fsp3) is 0.625. The van der Waals surface area contributed by atoms with Crippen LogP contribution in [0.1, 0.15) is 31.2 Å². The summed E-state index contributed by atoms with van der Waals surface area (Å²) in [7, 11) is 0. The fourth-order valence-corrected chi connectivity index (χ4v) is 4.03. The summed E-state index contributed by atoms with van der Waals surface area (Å²) in [5.41, 5.74) is 8.46. The van der Waals surface area contributed by atoms with Gasteiger partial charge in [0.1, 0.15) is 0 Å². The zero-order valence-electron chi connectivity index (χ0n) is 12.0. The Bertz CT molecular complexity index is 449. The van der Waals surface area contributed by atoms with E-state index < -0.39 is 0 Å². The molecule has 1 aliphatic heterocycles. The van der Waals surface area contributed by atoms with E-state index in [0.717, 1.165) is 23.6 Å². The minimum Gasteiger partial charge on any atom is -0.369 e. The van der Waals surface area contributed by atoms with Crippen LogP contribution in [0, 0.1) is 0 Å². The molecular weight excluding hydrogens is 314 g/mol. The second-order valence-electron chi connectivity index (χ2n) is 5.94. The van der Waals surface area contributed by atoms with Crippen LogP contribution >= 0.6 is 15.9 Å². The molecule has 1 aliphatic carbocycles. The van der Waals surface area contributed by atoms with E-state index in [4.69, 9.17) is 5.73 Å². The van der Waals surface area contributed by atoms with Crippen LogP contribution in [0.25, 0.3) is 0 Å². The van der Waals surface area contributed by atoms with Crippen LogP contribution in [0.3, 0.4) is 0 Å². The summed E-state index contributed by atoms with van der Waals surface area (Å²) < 4.78 is 1.12. The topological polar surface area (TPSA) is 32.5 Å². The molecular formula is C16H24BrN3. The largest absolute Gasteiger partial charge is 0.369 e. The third kappa shape index (κ3) is 3.02. The van der Waals surface area contributed by atoms with Gasteiger partial charge in [-0.25, -0.2) is 0 Å². The van der Waals surface area contributed by atoms with E-state index >= 15 is 0 Å². The molecule has 0 unspecified atom stereocenters. The van der Waals surface area contributed by atoms with Crippen LogP contribution in [0.5, 0.6) is 0 Å². The molecule has 1 heterocycles. The van der Waals surface area contributed by atoms with Crippen molar-refractivity contribution in [2.45, 2.75) is 38.3 Å². The van der Waals surface area contributed by atoms with Gasteiger partial charge in [-0.1, -0.05) is 28.8 Å². The molecule has 3 nitrogen and oxygen atoms in total. The minimum absolute atomic E-state index is 0.609. The lowest BCUT2D eigenvalue weighted by molar-refractivity contribution is 0.187. The van der Waals surface area contributed by atoms with Crippen LogP contribution in [0.4, 0.5) is 5.69 Å². The van der Waals surface area contributed by atoms with Gasteiger partial charge in [0.25, 0.3) is 0 Å². The SMILES string of the molecule is NCc1cc(Br)ccc1N1CCN(C2CCCC2)CC1. The van der Waals surface area contributed by atoms with Crippen molar-refractivity contribution in [1.82, 2.24) is 4.90 Å². The lowest BCUT2D eigenvalue weighted by Crippen LogP contribution is -2.50. The van der Waals surface area contributed by atoms with Gasteiger partial charge in [0.15, 0.2) is 0 Å². The maximum Gasteiger partial charge on any atom is 0.0413 e. The van der Waals surface area contributed by atoms with Gasteiger partial charge in [-0.3, -0.25) is 4.90 Å². The van der Waals surface area contributed by atoms with Crippen LogP contribution < -0.4 is 10.6 Å². The third-order valence-corrected chi connectivity index (χ3v) is 5.25. The second kappa shape index (κ2) is 6.46. The lowest BCUT2D eigenvalue weighted by atomic mass is 10.1. The van der Waals surface area contributed by atoms with Crippen molar-refractivity contribution >= 4 is 21.6 Å². The average Bonchev–Trinajstić information content (AvgIpc) is 3.01. The highest BCUT2D eigenvalue weighted by molar-refractivity contribution is 9.10. The molecule has 1 aromatic carbocycles. The first-order chi connectivity index (χ1) is 9.78. The van der Waals surface area contributed by atoms with Gasteiger partial charge in [0.05, 0.1) is 0 Å². The van der Waals surface area contributed by atoms with Crippen molar-refractivity contribution in [2.24, 2.45) is 5.73 Å². The summed E-state index contributed by atoms with van der Waals surface area (Å²) in [6.45, 7) is 5.27. The van der Waals surface area contributed by atoms with Crippen molar-refractivity contribution in [3.63, 3.8) is 0 Å². The van der Waals surface area contributed by atoms with E-state index in [2.05, 4.69) is 43.9 Å². The van der Waals surface area contributed by atoms with E-state index in [-0.39, 0.29) is 0 Å². The van der Waals surface area contributed by atoms with Crippen LogP contribution in [0.15, 0.2) is 22.7 Å². The molecule has 2 N–H and O–H groups in total. The molecule has 0 bridgehead atoms. The Morgan fingerprint density at radius 3 is 2.45 bits per heavy atom.